The molecule has 1 fully saturated rings. The van der Waals surface area contributed by atoms with Gasteiger partial charge >= 0.3 is 0 Å². The van der Waals surface area contributed by atoms with Crippen molar-refractivity contribution < 1.29 is 9.59 Å². The topological polar surface area (TPSA) is 79.0 Å². The Morgan fingerprint density at radius 3 is 2.74 bits per heavy atom. The third-order valence-corrected chi connectivity index (χ3v) is 3.53. The van der Waals surface area contributed by atoms with Crippen LogP contribution in [0.25, 0.3) is 0 Å². The predicted octanol–water partition coefficient (Wildman–Crippen LogP) is 1.35. The first-order valence-corrected chi connectivity index (χ1v) is 6.57. The summed E-state index contributed by atoms with van der Waals surface area (Å²) >= 11 is 0. The van der Waals surface area contributed by atoms with Crippen molar-refractivity contribution in [3.05, 3.63) is 33.7 Å². The van der Waals surface area contributed by atoms with E-state index in [0.29, 0.717) is 30.4 Å². The van der Waals surface area contributed by atoms with E-state index in [9.17, 15) is 14.4 Å². The number of ketones is 1. The highest BCUT2D eigenvalue weighted by atomic mass is 16.2. The monoisotopic (exact) mass is 262 g/mol. The van der Waals surface area contributed by atoms with Crippen LogP contribution >= 0.6 is 0 Å². The Morgan fingerprint density at radius 2 is 2.16 bits per heavy atom. The minimum absolute atomic E-state index is 0.00320. The molecule has 2 atom stereocenters. The maximum atomic E-state index is 12.0. The molecular weight excluding hydrogens is 244 g/mol. The lowest BCUT2D eigenvalue weighted by molar-refractivity contribution is 0.0954. The number of pyridine rings is 1. The molecule has 1 aromatic heterocycles. The molecule has 1 aromatic rings. The Labute approximate surface area is 111 Å². The molecule has 0 aromatic carbocycles. The van der Waals surface area contributed by atoms with Gasteiger partial charge in [0, 0.05) is 24.7 Å². The molecule has 1 amide bonds. The fraction of sp³-hybridized carbons (Fsp3) is 0.500. The van der Waals surface area contributed by atoms with Crippen LogP contribution in [0.3, 0.4) is 0 Å². The van der Waals surface area contributed by atoms with Crippen molar-refractivity contribution in [3.8, 4) is 0 Å². The summed E-state index contributed by atoms with van der Waals surface area (Å²) in [7, 11) is 0. The Bertz CT molecular complexity index is 562. The molecule has 1 aliphatic rings. The summed E-state index contributed by atoms with van der Waals surface area (Å²) in [6, 6.07) is 1.39. The van der Waals surface area contributed by atoms with Gasteiger partial charge in [-0.1, -0.05) is 6.92 Å². The molecule has 1 aliphatic carbocycles. The predicted molar refractivity (Wildman–Crippen MR) is 71.3 cm³/mol. The summed E-state index contributed by atoms with van der Waals surface area (Å²) in [5.41, 5.74) is -0.0706. The lowest BCUT2D eigenvalue weighted by atomic mass is 10.0. The fourth-order valence-electron chi connectivity index (χ4n) is 2.11. The van der Waals surface area contributed by atoms with E-state index in [-0.39, 0.29) is 11.3 Å². The van der Waals surface area contributed by atoms with Crippen LogP contribution in [-0.2, 0) is 0 Å². The molecule has 1 heterocycles. The molecule has 0 aliphatic heterocycles. The summed E-state index contributed by atoms with van der Waals surface area (Å²) in [4.78, 5) is 37.7. The lowest BCUT2D eigenvalue weighted by Gasteiger charge is -2.04. The standard InChI is InChI=1S/C14H18N2O3/c1-3-15-13(18)11-5-10(7-16-14(11)19)12(17)6-9-4-8(9)2/h5,7-9H,3-4,6H2,1-2H3,(H,15,18)(H,16,19)/t8-,9+/m0/s1. The number of Topliss-reactive ketones (excluding diaryl/α,β-unsaturated/α-hetero) is 1. The second-order valence-corrected chi connectivity index (χ2v) is 5.09. The normalized spacial score (nSPS) is 20.9. The van der Waals surface area contributed by atoms with Gasteiger partial charge in [0.05, 0.1) is 0 Å². The molecule has 0 saturated heterocycles. The second-order valence-electron chi connectivity index (χ2n) is 5.09. The van der Waals surface area contributed by atoms with Crippen molar-refractivity contribution >= 4 is 11.7 Å². The van der Waals surface area contributed by atoms with Crippen molar-refractivity contribution in [3.63, 3.8) is 0 Å². The van der Waals surface area contributed by atoms with Gasteiger partial charge in [0.1, 0.15) is 5.56 Å². The van der Waals surface area contributed by atoms with E-state index in [1.807, 2.05) is 0 Å². The van der Waals surface area contributed by atoms with Crippen LogP contribution in [0.15, 0.2) is 17.1 Å². The van der Waals surface area contributed by atoms with Crippen molar-refractivity contribution in [2.45, 2.75) is 26.7 Å². The molecule has 102 valence electrons. The van der Waals surface area contributed by atoms with Gasteiger partial charge in [0.25, 0.3) is 11.5 Å². The van der Waals surface area contributed by atoms with Gasteiger partial charge in [-0.3, -0.25) is 14.4 Å². The summed E-state index contributed by atoms with van der Waals surface area (Å²) in [5, 5.41) is 2.56. The highest BCUT2D eigenvalue weighted by molar-refractivity contribution is 6.00. The third-order valence-electron chi connectivity index (χ3n) is 3.53. The van der Waals surface area contributed by atoms with Gasteiger partial charge < -0.3 is 10.3 Å². The quantitative estimate of drug-likeness (QED) is 0.786. The zero-order valence-electron chi connectivity index (χ0n) is 11.2. The first kappa shape index (κ1) is 13.5. The first-order valence-electron chi connectivity index (χ1n) is 6.57. The maximum absolute atomic E-state index is 12.0. The Hall–Kier alpha value is -1.91. The second kappa shape index (κ2) is 5.38. The van der Waals surface area contributed by atoms with Crippen LogP contribution in [0.5, 0.6) is 0 Å². The van der Waals surface area contributed by atoms with E-state index in [2.05, 4.69) is 17.2 Å². The Balaban J connectivity index is 2.18. The maximum Gasteiger partial charge on any atom is 0.260 e. The van der Waals surface area contributed by atoms with E-state index < -0.39 is 11.5 Å². The molecule has 19 heavy (non-hydrogen) atoms. The minimum atomic E-state index is -0.470. The van der Waals surface area contributed by atoms with E-state index in [4.69, 9.17) is 0 Å². The van der Waals surface area contributed by atoms with Crippen LogP contribution in [0.4, 0.5) is 0 Å². The average Bonchev–Trinajstić information content (AvgIpc) is 3.05. The molecule has 0 bridgehead atoms. The molecule has 0 unspecified atom stereocenters. The SMILES string of the molecule is CCNC(=O)c1cc(C(=O)C[C@H]2C[C@@H]2C)c[nH]c1=O. The van der Waals surface area contributed by atoms with Crippen molar-refractivity contribution in [1.82, 2.24) is 10.3 Å². The number of H-pyrrole nitrogens is 1. The zero-order chi connectivity index (χ0) is 14.0. The number of hydrogen-bond donors (Lipinski definition) is 2. The highest BCUT2D eigenvalue weighted by Crippen LogP contribution is 2.41. The van der Waals surface area contributed by atoms with Gasteiger partial charge in [-0.25, -0.2) is 0 Å². The van der Waals surface area contributed by atoms with Crippen LogP contribution in [0.1, 0.15) is 47.4 Å². The number of aromatic amines is 1. The molecule has 0 spiro atoms. The van der Waals surface area contributed by atoms with E-state index in [0.717, 1.165) is 6.42 Å². The molecule has 5 heteroatoms. The van der Waals surface area contributed by atoms with Crippen molar-refractivity contribution in [1.29, 1.82) is 0 Å². The van der Waals surface area contributed by atoms with Gasteiger partial charge in [0.15, 0.2) is 5.78 Å². The number of amides is 1. The number of carbonyl (C=O) groups excluding carboxylic acids is 2. The number of nitrogens with one attached hydrogen (secondary N) is 2. The number of carbonyl (C=O) groups is 2. The van der Waals surface area contributed by atoms with Gasteiger partial charge in [0.2, 0.25) is 0 Å². The zero-order valence-corrected chi connectivity index (χ0v) is 11.2. The molecule has 0 radical (unpaired) electrons. The average molecular weight is 262 g/mol. The van der Waals surface area contributed by atoms with Gasteiger partial charge in [-0.15, -0.1) is 0 Å². The van der Waals surface area contributed by atoms with Crippen LogP contribution in [0, 0.1) is 11.8 Å². The minimum Gasteiger partial charge on any atom is -0.352 e. The van der Waals surface area contributed by atoms with Gasteiger partial charge in [-0.2, -0.15) is 0 Å². The molecule has 2 rings (SSSR count). The lowest BCUT2D eigenvalue weighted by Crippen LogP contribution is -2.29. The van der Waals surface area contributed by atoms with Crippen LogP contribution in [0.2, 0.25) is 0 Å². The third kappa shape index (κ3) is 3.10. The summed E-state index contributed by atoms with van der Waals surface area (Å²) in [6.07, 6.45) is 2.96. The molecule has 5 nitrogen and oxygen atoms in total. The molecule has 2 N–H and O–H groups in total. The summed E-state index contributed by atoms with van der Waals surface area (Å²) in [6.45, 7) is 4.33. The number of aromatic nitrogens is 1. The highest BCUT2D eigenvalue weighted by Gasteiger charge is 2.34. The van der Waals surface area contributed by atoms with Crippen LogP contribution in [-0.4, -0.2) is 23.2 Å². The summed E-state index contributed by atoms with van der Waals surface area (Å²) in [5.74, 6) is 0.594. The van der Waals surface area contributed by atoms with E-state index in [1.165, 1.54) is 12.3 Å². The van der Waals surface area contributed by atoms with Crippen molar-refractivity contribution in [2.24, 2.45) is 11.8 Å². The first-order chi connectivity index (χ1) is 9.02. The molecule has 1 saturated carbocycles. The smallest absolute Gasteiger partial charge is 0.260 e. The summed E-state index contributed by atoms with van der Waals surface area (Å²) < 4.78 is 0. The number of rotatable bonds is 5. The van der Waals surface area contributed by atoms with Crippen LogP contribution < -0.4 is 10.9 Å². The Morgan fingerprint density at radius 1 is 1.47 bits per heavy atom. The fourth-order valence-corrected chi connectivity index (χ4v) is 2.11. The van der Waals surface area contributed by atoms with E-state index >= 15 is 0 Å². The molecular formula is C14H18N2O3. The number of hydrogen-bond acceptors (Lipinski definition) is 3. The Kier molecular flexibility index (Phi) is 3.83. The van der Waals surface area contributed by atoms with Crippen molar-refractivity contribution in [2.75, 3.05) is 6.54 Å². The van der Waals surface area contributed by atoms with E-state index in [1.54, 1.807) is 6.92 Å². The largest absolute Gasteiger partial charge is 0.352 e. The van der Waals surface area contributed by atoms with Gasteiger partial charge in [-0.05, 0) is 31.2 Å².